The second kappa shape index (κ2) is 8.50. The quantitative estimate of drug-likeness (QED) is 0.718. The van der Waals surface area contributed by atoms with Gasteiger partial charge in [0, 0.05) is 23.3 Å². The summed E-state index contributed by atoms with van der Waals surface area (Å²) in [6.45, 7) is 3.94. The van der Waals surface area contributed by atoms with Gasteiger partial charge in [0.1, 0.15) is 0 Å². The van der Waals surface area contributed by atoms with Gasteiger partial charge in [0.05, 0.1) is 23.4 Å². The molecule has 0 saturated carbocycles. The number of carbonyl (C=O) groups is 1. The second-order valence-corrected chi connectivity index (χ2v) is 6.18. The van der Waals surface area contributed by atoms with E-state index in [1.54, 1.807) is 23.1 Å². The Labute approximate surface area is 116 Å². The summed E-state index contributed by atoms with van der Waals surface area (Å²) < 4.78 is 0. The lowest BCUT2D eigenvalue weighted by Gasteiger charge is -2.13. The Balaban J connectivity index is 2.12. The summed E-state index contributed by atoms with van der Waals surface area (Å²) in [4.78, 5) is 15.9. The molecule has 1 atom stereocenters. The van der Waals surface area contributed by atoms with Gasteiger partial charge in [-0.2, -0.15) is 11.8 Å². The van der Waals surface area contributed by atoms with E-state index in [0.717, 1.165) is 28.6 Å². The van der Waals surface area contributed by atoms with Crippen LogP contribution >= 0.6 is 23.1 Å². The number of aryl methyl sites for hydroxylation is 1. The lowest BCUT2D eigenvalue weighted by Crippen LogP contribution is -2.37. The molecule has 1 rings (SSSR count). The first kappa shape index (κ1) is 15.5. The number of thioether (sulfide) groups is 1. The van der Waals surface area contributed by atoms with Gasteiger partial charge >= 0.3 is 0 Å². The number of hydrogen-bond donors (Lipinski definition) is 2. The van der Waals surface area contributed by atoms with Crippen LogP contribution in [0.4, 0.5) is 0 Å². The van der Waals surface area contributed by atoms with Gasteiger partial charge in [0.25, 0.3) is 0 Å². The first-order valence-corrected chi connectivity index (χ1v) is 8.08. The first-order valence-electron chi connectivity index (χ1n) is 6.04. The van der Waals surface area contributed by atoms with Crippen molar-refractivity contribution in [3.05, 3.63) is 16.1 Å². The molecule has 0 spiro atoms. The van der Waals surface area contributed by atoms with Gasteiger partial charge in [0.2, 0.25) is 5.91 Å². The zero-order valence-electron chi connectivity index (χ0n) is 10.8. The third kappa shape index (κ3) is 5.84. The highest BCUT2D eigenvalue weighted by atomic mass is 32.2. The van der Waals surface area contributed by atoms with E-state index in [0.29, 0.717) is 6.42 Å². The van der Waals surface area contributed by atoms with Crippen molar-refractivity contribution < 1.29 is 9.90 Å². The summed E-state index contributed by atoms with van der Waals surface area (Å²) in [7, 11) is 0. The molecule has 0 aliphatic carbocycles. The maximum Gasteiger partial charge on any atom is 0.221 e. The van der Waals surface area contributed by atoms with Gasteiger partial charge < -0.3 is 10.4 Å². The van der Waals surface area contributed by atoms with E-state index in [-0.39, 0.29) is 18.6 Å². The largest absolute Gasteiger partial charge is 0.394 e. The standard InChI is InChI=1S/C12H20N2O2S2/c1-3-10(6-15)14-12(16)4-5-17-7-11-8-18-9(2)13-11/h8,10,15H,3-7H2,1-2H3,(H,14,16). The molecule has 18 heavy (non-hydrogen) atoms. The number of nitrogens with one attached hydrogen (secondary N) is 1. The highest BCUT2D eigenvalue weighted by molar-refractivity contribution is 7.98. The van der Waals surface area contributed by atoms with Crippen LogP contribution in [0.25, 0.3) is 0 Å². The molecule has 0 radical (unpaired) electrons. The molecule has 0 fully saturated rings. The van der Waals surface area contributed by atoms with E-state index in [4.69, 9.17) is 5.11 Å². The van der Waals surface area contributed by atoms with E-state index in [9.17, 15) is 4.79 Å². The average Bonchev–Trinajstić information content (AvgIpc) is 2.77. The molecule has 0 bridgehead atoms. The summed E-state index contributed by atoms with van der Waals surface area (Å²) in [6, 6.07) is -0.108. The van der Waals surface area contributed by atoms with E-state index >= 15 is 0 Å². The van der Waals surface area contributed by atoms with E-state index < -0.39 is 0 Å². The molecule has 0 aromatic carbocycles. The Bertz CT molecular complexity index is 365. The number of aliphatic hydroxyl groups is 1. The van der Waals surface area contributed by atoms with Crippen LogP contribution in [0.15, 0.2) is 5.38 Å². The van der Waals surface area contributed by atoms with Crippen LogP contribution in [0.1, 0.15) is 30.5 Å². The summed E-state index contributed by atoms with van der Waals surface area (Å²) >= 11 is 3.36. The van der Waals surface area contributed by atoms with Crippen LogP contribution < -0.4 is 5.32 Å². The number of rotatable bonds is 8. The summed E-state index contributed by atoms with van der Waals surface area (Å²) in [5, 5.41) is 14.9. The van der Waals surface area contributed by atoms with Crippen molar-refractivity contribution in [1.29, 1.82) is 0 Å². The predicted molar refractivity (Wildman–Crippen MR) is 76.9 cm³/mol. The van der Waals surface area contributed by atoms with E-state index in [2.05, 4.69) is 15.7 Å². The Kier molecular flexibility index (Phi) is 7.31. The molecule has 1 aromatic heterocycles. The fourth-order valence-electron chi connectivity index (χ4n) is 1.39. The smallest absolute Gasteiger partial charge is 0.221 e. The zero-order valence-corrected chi connectivity index (χ0v) is 12.4. The van der Waals surface area contributed by atoms with Gasteiger partial charge in [-0.15, -0.1) is 11.3 Å². The molecule has 1 aromatic rings. The normalized spacial score (nSPS) is 12.4. The van der Waals surface area contributed by atoms with Crippen LogP contribution in [0.3, 0.4) is 0 Å². The van der Waals surface area contributed by atoms with Crippen molar-refractivity contribution in [2.45, 2.75) is 38.5 Å². The number of carbonyl (C=O) groups excluding carboxylic acids is 1. The molecule has 102 valence electrons. The number of hydrogen-bond acceptors (Lipinski definition) is 5. The third-order valence-electron chi connectivity index (χ3n) is 2.47. The Morgan fingerprint density at radius 1 is 1.67 bits per heavy atom. The summed E-state index contributed by atoms with van der Waals surface area (Å²) in [6.07, 6.45) is 1.25. The SMILES string of the molecule is CCC(CO)NC(=O)CCSCc1csc(C)n1. The lowest BCUT2D eigenvalue weighted by molar-refractivity contribution is -0.121. The zero-order chi connectivity index (χ0) is 13.4. The monoisotopic (exact) mass is 288 g/mol. The Morgan fingerprint density at radius 2 is 2.44 bits per heavy atom. The van der Waals surface area contributed by atoms with E-state index in [1.807, 2.05) is 13.8 Å². The third-order valence-corrected chi connectivity index (χ3v) is 4.28. The minimum atomic E-state index is -0.108. The molecule has 1 heterocycles. The maximum atomic E-state index is 11.5. The summed E-state index contributed by atoms with van der Waals surface area (Å²) in [5.74, 6) is 1.65. The van der Waals surface area contributed by atoms with Gasteiger partial charge in [0.15, 0.2) is 0 Å². The van der Waals surface area contributed by atoms with Crippen LogP contribution in [-0.2, 0) is 10.5 Å². The fraction of sp³-hybridized carbons (Fsp3) is 0.667. The fourth-order valence-corrected chi connectivity index (χ4v) is 2.94. The molecule has 2 N–H and O–H groups in total. The predicted octanol–water partition coefficient (Wildman–Crippen LogP) is 1.96. The number of amides is 1. The highest BCUT2D eigenvalue weighted by Gasteiger charge is 2.08. The van der Waals surface area contributed by atoms with Crippen LogP contribution in [0.2, 0.25) is 0 Å². The van der Waals surface area contributed by atoms with Crippen LogP contribution in [0, 0.1) is 6.92 Å². The van der Waals surface area contributed by atoms with Crippen molar-refractivity contribution >= 4 is 29.0 Å². The van der Waals surface area contributed by atoms with Crippen molar-refractivity contribution in [2.24, 2.45) is 0 Å². The second-order valence-electron chi connectivity index (χ2n) is 4.02. The van der Waals surface area contributed by atoms with Crippen LogP contribution in [0.5, 0.6) is 0 Å². The number of aliphatic hydroxyl groups excluding tert-OH is 1. The molecule has 0 aliphatic heterocycles. The van der Waals surface area contributed by atoms with Gasteiger partial charge in [-0.25, -0.2) is 4.98 Å². The van der Waals surface area contributed by atoms with Crippen molar-refractivity contribution in [3.8, 4) is 0 Å². The topological polar surface area (TPSA) is 62.2 Å². The highest BCUT2D eigenvalue weighted by Crippen LogP contribution is 2.15. The maximum absolute atomic E-state index is 11.5. The molecule has 0 saturated heterocycles. The van der Waals surface area contributed by atoms with Crippen molar-refractivity contribution in [1.82, 2.24) is 10.3 Å². The Hall–Kier alpha value is -0.590. The molecule has 6 heteroatoms. The Morgan fingerprint density at radius 3 is 3.00 bits per heavy atom. The number of nitrogens with zero attached hydrogens (tertiary/aromatic N) is 1. The molecule has 4 nitrogen and oxygen atoms in total. The number of thiazole rings is 1. The number of aromatic nitrogens is 1. The molecule has 1 amide bonds. The van der Waals surface area contributed by atoms with Crippen molar-refractivity contribution in [3.63, 3.8) is 0 Å². The molecular formula is C12H20N2O2S2. The first-order chi connectivity index (χ1) is 8.65. The van der Waals surface area contributed by atoms with Crippen molar-refractivity contribution in [2.75, 3.05) is 12.4 Å². The van der Waals surface area contributed by atoms with Crippen LogP contribution in [-0.4, -0.2) is 34.4 Å². The van der Waals surface area contributed by atoms with Gasteiger partial charge in [-0.3, -0.25) is 4.79 Å². The van der Waals surface area contributed by atoms with Gasteiger partial charge in [-0.05, 0) is 13.3 Å². The minimum Gasteiger partial charge on any atom is -0.394 e. The molecular weight excluding hydrogens is 268 g/mol. The molecule has 1 unspecified atom stereocenters. The molecule has 0 aliphatic rings. The van der Waals surface area contributed by atoms with Gasteiger partial charge in [-0.1, -0.05) is 6.92 Å². The summed E-state index contributed by atoms with van der Waals surface area (Å²) in [5.41, 5.74) is 1.09. The average molecular weight is 288 g/mol. The lowest BCUT2D eigenvalue weighted by atomic mass is 10.2. The minimum absolute atomic E-state index is 0.00742. The van der Waals surface area contributed by atoms with E-state index in [1.165, 1.54) is 0 Å².